The number of furan rings is 1. The van der Waals surface area contributed by atoms with Gasteiger partial charge in [-0.05, 0) is 49.4 Å². The molecule has 0 aromatic carbocycles. The Morgan fingerprint density at radius 3 is 2.72 bits per heavy atom. The van der Waals surface area contributed by atoms with Crippen molar-refractivity contribution in [1.29, 1.82) is 0 Å². The summed E-state index contributed by atoms with van der Waals surface area (Å²) < 4.78 is 5.53. The van der Waals surface area contributed by atoms with Gasteiger partial charge in [0, 0.05) is 42.8 Å². The van der Waals surface area contributed by atoms with Crippen LogP contribution in [0, 0.1) is 12.8 Å². The third kappa shape index (κ3) is 3.14. The van der Waals surface area contributed by atoms with E-state index in [0.717, 1.165) is 47.2 Å². The molecule has 0 unspecified atom stereocenters. The Labute approximate surface area is 147 Å². The lowest BCUT2D eigenvalue weighted by Gasteiger charge is -2.31. The van der Waals surface area contributed by atoms with Gasteiger partial charge in [0.25, 0.3) is 0 Å². The second-order valence-electron chi connectivity index (χ2n) is 6.75. The number of aromatic nitrogens is 3. The lowest BCUT2D eigenvalue weighted by Crippen LogP contribution is -2.35. The Kier molecular flexibility index (Phi) is 4.22. The minimum Gasteiger partial charge on any atom is -0.469 e. The summed E-state index contributed by atoms with van der Waals surface area (Å²) in [7, 11) is 0. The molecule has 0 bridgehead atoms. The molecular formula is C20H22N4O. The molecule has 128 valence electrons. The molecule has 4 heterocycles. The Hall–Kier alpha value is -2.69. The predicted molar refractivity (Wildman–Crippen MR) is 98.3 cm³/mol. The van der Waals surface area contributed by atoms with Gasteiger partial charge in [-0.3, -0.25) is 4.98 Å². The average molecular weight is 334 g/mol. The van der Waals surface area contributed by atoms with Gasteiger partial charge in [-0.2, -0.15) is 0 Å². The lowest BCUT2D eigenvalue weighted by atomic mass is 10.0. The van der Waals surface area contributed by atoms with Crippen molar-refractivity contribution in [2.45, 2.75) is 26.7 Å². The van der Waals surface area contributed by atoms with Crippen LogP contribution in [0.25, 0.3) is 22.4 Å². The van der Waals surface area contributed by atoms with Gasteiger partial charge in [0.05, 0.1) is 12.0 Å². The lowest BCUT2D eigenvalue weighted by molar-refractivity contribution is 0.442. The predicted octanol–water partition coefficient (Wildman–Crippen LogP) is 4.34. The summed E-state index contributed by atoms with van der Waals surface area (Å²) >= 11 is 0. The van der Waals surface area contributed by atoms with E-state index in [1.165, 1.54) is 12.8 Å². The van der Waals surface area contributed by atoms with E-state index in [-0.39, 0.29) is 0 Å². The van der Waals surface area contributed by atoms with Crippen molar-refractivity contribution in [3.8, 4) is 22.4 Å². The number of rotatable bonds is 3. The number of aryl methyl sites for hydroxylation is 1. The maximum atomic E-state index is 5.53. The molecule has 0 spiro atoms. The summed E-state index contributed by atoms with van der Waals surface area (Å²) in [6.45, 7) is 6.29. The summed E-state index contributed by atoms with van der Waals surface area (Å²) in [5, 5.41) is 0. The summed E-state index contributed by atoms with van der Waals surface area (Å²) in [5.41, 5.74) is 3.99. The SMILES string of the molecule is Cc1occc1-c1nc(N2CCC[C@H](C)C2)ncc1-c1ccncc1. The summed E-state index contributed by atoms with van der Waals surface area (Å²) in [5.74, 6) is 2.35. The zero-order chi connectivity index (χ0) is 17.2. The first-order valence-corrected chi connectivity index (χ1v) is 8.79. The molecule has 0 amide bonds. The van der Waals surface area contributed by atoms with Crippen LogP contribution in [0.3, 0.4) is 0 Å². The Bertz CT molecular complexity index is 859. The van der Waals surface area contributed by atoms with E-state index >= 15 is 0 Å². The largest absolute Gasteiger partial charge is 0.469 e. The van der Waals surface area contributed by atoms with Crippen molar-refractivity contribution in [2.75, 3.05) is 18.0 Å². The average Bonchev–Trinajstić information content (AvgIpc) is 3.08. The van der Waals surface area contributed by atoms with E-state index < -0.39 is 0 Å². The molecule has 4 rings (SSSR count). The van der Waals surface area contributed by atoms with Gasteiger partial charge in [-0.15, -0.1) is 0 Å². The van der Waals surface area contributed by atoms with Gasteiger partial charge in [0.1, 0.15) is 5.76 Å². The minimum atomic E-state index is 0.677. The van der Waals surface area contributed by atoms with Crippen LogP contribution < -0.4 is 4.90 Å². The molecular weight excluding hydrogens is 312 g/mol. The number of anilines is 1. The van der Waals surface area contributed by atoms with Gasteiger partial charge in [-0.25, -0.2) is 9.97 Å². The molecule has 5 nitrogen and oxygen atoms in total. The summed E-state index contributed by atoms with van der Waals surface area (Å²) in [4.78, 5) is 16.0. The molecule has 3 aromatic heterocycles. The Morgan fingerprint density at radius 1 is 1.16 bits per heavy atom. The monoisotopic (exact) mass is 334 g/mol. The molecule has 5 heteroatoms. The van der Waals surface area contributed by atoms with Crippen LogP contribution in [0.2, 0.25) is 0 Å². The van der Waals surface area contributed by atoms with E-state index in [1.54, 1.807) is 18.7 Å². The number of piperidine rings is 1. The van der Waals surface area contributed by atoms with Crippen LogP contribution in [0.1, 0.15) is 25.5 Å². The van der Waals surface area contributed by atoms with Crippen molar-refractivity contribution in [2.24, 2.45) is 5.92 Å². The first kappa shape index (κ1) is 15.8. The normalized spacial score (nSPS) is 17.7. The molecule has 3 aromatic rings. The van der Waals surface area contributed by atoms with E-state index in [4.69, 9.17) is 9.40 Å². The number of hydrogen-bond donors (Lipinski definition) is 0. The molecule has 1 atom stereocenters. The van der Waals surface area contributed by atoms with Crippen LogP contribution in [-0.2, 0) is 0 Å². The van der Waals surface area contributed by atoms with Crippen molar-refractivity contribution in [1.82, 2.24) is 15.0 Å². The first-order chi connectivity index (χ1) is 12.2. The van der Waals surface area contributed by atoms with Crippen molar-refractivity contribution in [3.05, 3.63) is 48.8 Å². The number of nitrogens with zero attached hydrogens (tertiary/aromatic N) is 4. The highest BCUT2D eigenvalue weighted by molar-refractivity contribution is 5.81. The van der Waals surface area contributed by atoms with Crippen LogP contribution in [0.15, 0.2) is 47.5 Å². The maximum absolute atomic E-state index is 5.53. The molecule has 0 saturated carbocycles. The fourth-order valence-electron chi connectivity index (χ4n) is 3.47. The van der Waals surface area contributed by atoms with E-state index in [9.17, 15) is 0 Å². The van der Waals surface area contributed by atoms with Gasteiger partial charge in [0.15, 0.2) is 0 Å². The smallest absolute Gasteiger partial charge is 0.225 e. The standard InChI is InChI=1S/C20H22N4O/c1-14-4-3-10-24(13-14)20-22-12-18(16-5-8-21-9-6-16)19(23-20)17-7-11-25-15(17)2/h5-9,11-12,14H,3-4,10,13H2,1-2H3/t14-/m0/s1. The second kappa shape index (κ2) is 6.67. The summed E-state index contributed by atoms with van der Waals surface area (Å²) in [6, 6.07) is 5.95. The van der Waals surface area contributed by atoms with E-state index in [2.05, 4.69) is 21.8 Å². The molecule has 0 N–H and O–H groups in total. The molecule has 1 saturated heterocycles. The third-order valence-electron chi connectivity index (χ3n) is 4.82. The molecule has 0 aliphatic carbocycles. The van der Waals surface area contributed by atoms with Crippen molar-refractivity contribution < 1.29 is 4.42 Å². The van der Waals surface area contributed by atoms with Crippen LogP contribution in [-0.4, -0.2) is 28.0 Å². The van der Waals surface area contributed by atoms with E-state index in [0.29, 0.717) is 5.92 Å². The zero-order valence-electron chi connectivity index (χ0n) is 14.6. The summed E-state index contributed by atoms with van der Waals surface area (Å²) in [6.07, 6.45) is 9.70. The van der Waals surface area contributed by atoms with Gasteiger partial charge in [-0.1, -0.05) is 6.92 Å². The number of pyridine rings is 1. The van der Waals surface area contributed by atoms with Crippen LogP contribution in [0.5, 0.6) is 0 Å². The highest BCUT2D eigenvalue weighted by Crippen LogP contribution is 2.34. The van der Waals surface area contributed by atoms with Crippen LogP contribution >= 0.6 is 0 Å². The molecule has 1 aliphatic rings. The maximum Gasteiger partial charge on any atom is 0.225 e. The Balaban J connectivity index is 1.82. The van der Waals surface area contributed by atoms with E-state index in [1.807, 2.05) is 31.3 Å². The highest BCUT2D eigenvalue weighted by Gasteiger charge is 2.21. The minimum absolute atomic E-state index is 0.677. The molecule has 1 fully saturated rings. The molecule has 1 aliphatic heterocycles. The molecule has 0 radical (unpaired) electrons. The highest BCUT2D eigenvalue weighted by atomic mass is 16.3. The first-order valence-electron chi connectivity index (χ1n) is 8.79. The zero-order valence-corrected chi connectivity index (χ0v) is 14.6. The van der Waals surface area contributed by atoms with Crippen molar-refractivity contribution in [3.63, 3.8) is 0 Å². The third-order valence-corrected chi connectivity index (χ3v) is 4.82. The fourth-order valence-corrected chi connectivity index (χ4v) is 3.47. The van der Waals surface area contributed by atoms with Gasteiger partial charge in [0.2, 0.25) is 5.95 Å². The second-order valence-corrected chi connectivity index (χ2v) is 6.75. The quantitative estimate of drug-likeness (QED) is 0.713. The van der Waals surface area contributed by atoms with Gasteiger partial charge >= 0.3 is 0 Å². The molecule has 25 heavy (non-hydrogen) atoms. The number of hydrogen-bond acceptors (Lipinski definition) is 5. The van der Waals surface area contributed by atoms with Crippen molar-refractivity contribution >= 4 is 5.95 Å². The fraction of sp³-hybridized carbons (Fsp3) is 0.350. The Morgan fingerprint density at radius 2 is 2.00 bits per heavy atom. The van der Waals surface area contributed by atoms with Crippen LogP contribution in [0.4, 0.5) is 5.95 Å². The van der Waals surface area contributed by atoms with Gasteiger partial charge < -0.3 is 9.32 Å². The topological polar surface area (TPSA) is 55.1 Å².